The molecule has 0 aromatic carbocycles. The summed E-state index contributed by atoms with van der Waals surface area (Å²) in [4.78, 5) is 11.7. The summed E-state index contributed by atoms with van der Waals surface area (Å²) in [6, 6.07) is 0. The van der Waals surface area contributed by atoms with Gasteiger partial charge in [0.1, 0.15) is 46.6 Å². The monoisotopic (exact) mass is 2020 g/mol. The van der Waals surface area contributed by atoms with E-state index in [1.165, 1.54) is 0 Å². The molecule has 0 amide bonds. The Labute approximate surface area is 555 Å². The maximum Gasteiger partial charge on any atom is 1.00 e. The van der Waals surface area contributed by atoms with Gasteiger partial charge in [0.25, 0.3) is 0 Å². The van der Waals surface area contributed by atoms with Gasteiger partial charge in [-0.1, -0.05) is 0 Å². The van der Waals surface area contributed by atoms with Gasteiger partial charge in [-0.15, -0.1) is 40.8 Å². The maximum atomic E-state index is 3.71. The van der Waals surface area contributed by atoms with Gasteiger partial charge < -0.3 is 162 Å². The summed E-state index contributed by atoms with van der Waals surface area (Å²) in [6.45, 7) is 15.0. The second-order valence-corrected chi connectivity index (χ2v) is 5.98. The van der Waals surface area contributed by atoms with Gasteiger partial charge in [-0.05, 0) is 55.4 Å². The molecule has 38 nitrogen and oxygen atoms in total. The van der Waals surface area contributed by atoms with Crippen LogP contribution in [0.3, 0.4) is 0 Å². The summed E-state index contributed by atoms with van der Waals surface area (Å²) in [5, 5.41) is 29.7. The van der Waals surface area contributed by atoms with E-state index in [2.05, 4.69) is 60.7 Å². The number of aryl methyl sites for hydroxylation is 8. The Bertz CT molecular complexity index is 820. The van der Waals surface area contributed by atoms with Crippen molar-refractivity contribution in [1.82, 2.24) is 60.7 Å². The molecule has 0 spiro atoms. The van der Waals surface area contributed by atoms with Crippen LogP contribution >= 0.6 is 0 Å². The first-order valence-electron chi connectivity index (χ1n) is 8.59. The normalized spacial score (nSPS) is 4.00. The molecule has 0 aliphatic heterocycles. The number of H-pyrrole nitrogens is 4. The number of hydrogen-bond donors (Lipinski definition) is 4. The van der Waals surface area contributed by atoms with E-state index in [9.17, 15) is 0 Å². The molecule has 4 heterocycles. The fraction of sp³-hybridized carbons (Fsp3) is 0.500. The Hall–Kier alpha value is 3.99. The first-order chi connectivity index (χ1) is 13.2. The molecular formula is C16H28Ag4Mo8N12O26-48. The molecular weight excluding hydrogens is 1980 g/mol. The molecule has 4 N–H and O–H groups in total. The fourth-order valence-corrected chi connectivity index (χ4v) is 1.85. The van der Waals surface area contributed by atoms with Crippen molar-refractivity contribution in [3.63, 3.8) is 0 Å². The summed E-state index contributed by atoms with van der Waals surface area (Å²) in [6.07, 6.45) is 0. The number of aromatic nitrogens is 12. The van der Waals surface area contributed by atoms with Crippen LogP contribution in [0.1, 0.15) is 46.6 Å². The molecule has 0 saturated heterocycles. The van der Waals surface area contributed by atoms with E-state index in [-0.39, 0.29) is 400 Å². The number of nitrogens with zero attached hydrogens (tertiary/aromatic N) is 8. The largest absolute Gasteiger partial charge is 2.00 e. The second-order valence-electron chi connectivity index (χ2n) is 5.98. The van der Waals surface area contributed by atoms with E-state index in [4.69, 9.17) is 0 Å². The predicted octanol–water partition coefficient (Wildman–Crippen LogP) is -1.43. The minimum absolute atomic E-state index is 0. The van der Waals surface area contributed by atoms with Gasteiger partial charge in [-0.2, -0.15) is 0 Å². The molecule has 0 bridgehead atoms. The van der Waals surface area contributed by atoms with Crippen LogP contribution < -0.4 is 0 Å². The van der Waals surface area contributed by atoms with Crippen molar-refractivity contribution in [2.75, 3.05) is 0 Å². The first-order valence-corrected chi connectivity index (χ1v) is 8.59. The summed E-state index contributed by atoms with van der Waals surface area (Å²) < 4.78 is 0. The zero-order chi connectivity index (χ0) is 21.1. The van der Waals surface area contributed by atoms with Gasteiger partial charge in [0.15, 0.2) is 0 Å². The van der Waals surface area contributed by atoms with Crippen LogP contribution in [0.25, 0.3) is 0 Å². The topological polar surface area (TPSA) is 907 Å². The smallest absolute Gasteiger partial charge is 1.00 e. The van der Waals surface area contributed by atoms with Crippen molar-refractivity contribution >= 4 is 0 Å². The van der Waals surface area contributed by atoms with Gasteiger partial charge in [0.05, 0.1) is 0 Å². The molecule has 0 radical (unpaired) electrons. The molecule has 0 aliphatic carbocycles. The molecule has 0 saturated carbocycles. The molecule has 50 heteroatoms. The number of hydrogen-bond acceptors (Lipinski definition) is 8. The Kier molecular flexibility index (Phi) is 984. The van der Waals surface area contributed by atoms with E-state index in [0.717, 1.165) is 46.6 Å². The van der Waals surface area contributed by atoms with Gasteiger partial charge in [-0.25, -0.2) is 0 Å². The zero-order valence-electron chi connectivity index (χ0n) is 32.7. The zero-order valence-corrected chi connectivity index (χ0v) is 54.6. The van der Waals surface area contributed by atoms with Gasteiger partial charge in [-0.3, -0.25) is 0 Å². The van der Waals surface area contributed by atoms with E-state index < -0.39 is 0 Å². The molecule has 4 aromatic heterocycles. The minimum Gasteiger partial charge on any atom is -2.00 e. The first kappa shape index (κ1) is 326. The molecule has 4 aromatic rings. The Balaban J connectivity index is -0.00000000369. The van der Waals surface area contributed by atoms with E-state index >= 15 is 0 Å². The number of nitrogens with one attached hydrogen (secondary N) is 4. The van der Waals surface area contributed by atoms with E-state index in [1.54, 1.807) is 0 Å². The summed E-state index contributed by atoms with van der Waals surface area (Å²) >= 11 is 0. The molecule has 0 aliphatic rings. The maximum absolute atomic E-state index is 3.71. The molecule has 4 rings (SSSR count). The number of rotatable bonds is 0. The fourth-order valence-electron chi connectivity index (χ4n) is 1.85. The summed E-state index contributed by atoms with van der Waals surface area (Å²) in [5.41, 5.74) is 0. The number of aromatic amines is 4. The van der Waals surface area contributed by atoms with Gasteiger partial charge >= 0.3 is 89.5 Å². The molecule has 448 valence electrons. The Morgan fingerprint density at radius 3 is 0.227 bits per heavy atom. The molecule has 0 fully saturated rings. The second kappa shape index (κ2) is 199. The Morgan fingerprint density at radius 2 is 0.212 bits per heavy atom. The summed E-state index contributed by atoms with van der Waals surface area (Å²) in [7, 11) is 0. The van der Waals surface area contributed by atoms with Crippen LogP contribution in [0, 0.1) is 55.4 Å². The quantitative estimate of drug-likeness (QED) is 0.151. The van der Waals surface area contributed by atoms with Crippen LogP contribution in [-0.4, -0.2) is 60.7 Å². The van der Waals surface area contributed by atoms with Crippen molar-refractivity contribution in [1.29, 1.82) is 0 Å². The van der Waals surface area contributed by atoms with Crippen molar-refractivity contribution in [2.24, 2.45) is 0 Å². The average molecular weight is 2000 g/mol. The van der Waals surface area contributed by atoms with E-state index in [0.29, 0.717) is 0 Å². The Morgan fingerprint density at radius 1 is 0.167 bits per heavy atom. The van der Waals surface area contributed by atoms with Crippen molar-refractivity contribution < 1.29 is 400 Å². The standard InChI is InChI=1S/4C4H7N3.4Ag.8Mo.26O/c4*1-3-5-4(2)7-6-3;;;;;;;;;;;;;;;;;;;;;;;;;;;;;;;;;;;;;;/h4*1-2H3,(H,5,6,7);;;;;;;;;;;;;;;;;;;;;;;;;;;;;;;;;;;;;;/q;;;;4*+1;;;;;;;;;26*-2. The van der Waals surface area contributed by atoms with Gasteiger partial charge in [0, 0.05) is 169 Å². The third kappa shape index (κ3) is 191. The average Bonchev–Trinajstić information content (AvgIpc) is 3.37. The molecule has 66 heavy (non-hydrogen) atoms. The SMILES string of the molecule is Cc1nnc(C)[nH]1.Cc1nnc(C)[nH]1.Cc1nnc(C)[nH]1.Cc1nnc(C)[nH]1.[Ag+].[Ag+].[Ag+].[Ag+].[Mo].[Mo].[Mo].[Mo].[Mo].[Mo].[Mo].[Mo].[O-2].[O-2].[O-2].[O-2].[O-2].[O-2].[O-2].[O-2].[O-2].[O-2].[O-2].[O-2].[O-2].[O-2].[O-2].[O-2].[O-2].[O-2].[O-2].[O-2].[O-2].[O-2].[O-2].[O-2].[O-2].[O-2]. The molecule has 0 unspecified atom stereocenters. The summed E-state index contributed by atoms with van der Waals surface area (Å²) in [5.74, 6) is 6.98. The van der Waals surface area contributed by atoms with Crippen LogP contribution in [0.15, 0.2) is 0 Å². The molecule has 0 atom stereocenters. The van der Waals surface area contributed by atoms with Gasteiger partial charge in [0.2, 0.25) is 0 Å². The van der Waals surface area contributed by atoms with Crippen molar-refractivity contribution in [3.05, 3.63) is 46.6 Å². The van der Waals surface area contributed by atoms with Crippen LogP contribution in [0.2, 0.25) is 0 Å². The van der Waals surface area contributed by atoms with E-state index in [1.807, 2.05) is 55.4 Å². The van der Waals surface area contributed by atoms with Crippen LogP contribution in [-0.2, 0) is 400 Å². The minimum atomic E-state index is 0. The van der Waals surface area contributed by atoms with Crippen LogP contribution in [0.5, 0.6) is 0 Å². The van der Waals surface area contributed by atoms with Crippen molar-refractivity contribution in [3.8, 4) is 0 Å². The third-order valence-corrected chi connectivity index (χ3v) is 2.85. The predicted molar refractivity (Wildman–Crippen MR) is 121 cm³/mol. The van der Waals surface area contributed by atoms with Crippen LogP contribution in [0.4, 0.5) is 0 Å². The third-order valence-electron chi connectivity index (χ3n) is 2.85. The van der Waals surface area contributed by atoms with Crippen molar-refractivity contribution in [2.45, 2.75) is 55.4 Å².